The van der Waals surface area contributed by atoms with Gasteiger partial charge in [0, 0.05) is 44.5 Å². The summed E-state index contributed by atoms with van der Waals surface area (Å²) < 4.78 is 2.02. The fraction of sp³-hybridized carbons (Fsp3) is 0.545. The molecule has 3 rings (SSSR count). The van der Waals surface area contributed by atoms with Crippen LogP contribution in [0, 0.1) is 13.8 Å². The summed E-state index contributed by atoms with van der Waals surface area (Å²) in [7, 11) is 1.84. The smallest absolute Gasteiger partial charge is 0.191 e. The summed E-state index contributed by atoms with van der Waals surface area (Å²) in [6.45, 7) is 11.7. The SMILES string of the molecule is CN=C(NCc1ccccc1-n1nc(C)cc1C)NC1CCN(C(C)C)CC1. The third-order valence-corrected chi connectivity index (χ3v) is 5.50. The van der Waals surface area contributed by atoms with E-state index in [2.05, 4.69) is 76.7 Å². The molecule has 0 saturated carbocycles. The van der Waals surface area contributed by atoms with Gasteiger partial charge in [-0.05, 0) is 58.2 Å². The van der Waals surface area contributed by atoms with Crippen LogP contribution in [0.15, 0.2) is 35.3 Å². The van der Waals surface area contributed by atoms with Gasteiger partial charge in [-0.3, -0.25) is 4.99 Å². The highest BCUT2D eigenvalue weighted by Gasteiger charge is 2.21. The third-order valence-electron chi connectivity index (χ3n) is 5.50. The molecule has 0 atom stereocenters. The van der Waals surface area contributed by atoms with E-state index in [4.69, 9.17) is 0 Å². The number of para-hydroxylation sites is 1. The molecule has 1 aliphatic heterocycles. The molecule has 2 heterocycles. The molecule has 1 aromatic heterocycles. The zero-order valence-electron chi connectivity index (χ0n) is 17.9. The molecule has 0 bridgehead atoms. The molecule has 0 spiro atoms. The Morgan fingerprint density at radius 1 is 1.21 bits per heavy atom. The normalized spacial score (nSPS) is 16.6. The standard InChI is InChI=1S/C22H34N6/c1-16(2)27-12-10-20(11-13-27)25-22(23-5)24-15-19-8-6-7-9-21(19)28-18(4)14-17(3)26-28/h6-9,14,16,20H,10-13,15H2,1-5H3,(H2,23,24,25). The Morgan fingerprint density at radius 3 is 2.54 bits per heavy atom. The largest absolute Gasteiger partial charge is 0.354 e. The van der Waals surface area contributed by atoms with Crippen LogP contribution in [0.2, 0.25) is 0 Å². The minimum Gasteiger partial charge on any atom is -0.354 e. The molecule has 0 aliphatic carbocycles. The molecule has 2 aromatic rings. The summed E-state index contributed by atoms with van der Waals surface area (Å²) in [5.74, 6) is 0.867. The van der Waals surface area contributed by atoms with E-state index < -0.39 is 0 Å². The molecule has 0 radical (unpaired) electrons. The van der Waals surface area contributed by atoms with Crippen LogP contribution in [0.4, 0.5) is 0 Å². The van der Waals surface area contributed by atoms with Gasteiger partial charge < -0.3 is 15.5 Å². The van der Waals surface area contributed by atoms with E-state index in [-0.39, 0.29) is 0 Å². The van der Waals surface area contributed by atoms with Gasteiger partial charge in [-0.15, -0.1) is 0 Å². The first kappa shape index (κ1) is 20.4. The number of hydrogen-bond acceptors (Lipinski definition) is 3. The minimum atomic E-state index is 0.479. The second-order valence-corrected chi connectivity index (χ2v) is 7.94. The zero-order valence-corrected chi connectivity index (χ0v) is 17.9. The van der Waals surface area contributed by atoms with Gasteiger partial charge in [0.25, 0.3) is 0 Å². The summed E-state index contributed by atoms with van der Waals surface area (Å²) in [6.07, 6.45) is 2.31. The summed E-state index contributed by atoms with van der Waals surface area (Å²) >= 11 is 0. The molecule has 1 aromatic carbocycles. The van der Waals surface area contributed by atoms with Crippen LogP contribution in [0.3, 0.4) is 0 Å². The summed E-state index contributed by atoms with van der Waals surface area (Å²) in [5.41, 5.74) is 4.49. The Labute approximate surface area is 169 Å². The highest BCUT2D eigenvalue weighted by molar-refractivity contribution is 5.80. The first-order valence-electron chi connectivity index (χ1n) is 10.3. The zero-order chi connectivity index (χ0) is 20.1. The Morgan fingerprint density at radius 2 is 1.93 bits per heavy atom. The van der Waals surface area contributed by atoms with Gasteiger partial charge in [0.2, 0.25) is 0 Å². The predicted octanol–water partition coefficient (Wildman–Crippen LogP) is 3.03. The van der Waals surface area contributed by atoms with E-state index in [1.54, 1.807) is 0 Å². The summed E-state index contributed by atoms with van der Waals surface area (Å²) in [4.78, 5) is 6.97. The van der Waals surface area contributed by atoms with E-state index >= 15 is 0 Å². The van der Waals surface area contributed by atoms with E-state index in [0.717, 1.165) is 49.0 Å². The van der Waals surface area contributed by atoms with Crippen molar-refractivity contribution in [2.75, 3.05) is 20.1 Å². The van der Waals surface area contributed by atoms with Crippen molar-refractivity contribution in [2.24, 2.45) is 4.99 Å². The van der Waals surface area contributed by atoms with Gasteiger partial charge in [-0.1, -0.05) is 18.2 Å². The lowest BCUT2D eigenvalue weighted by molar-refractivity contribution is 0.167. The van der Waals surface area contributed by atoms with Crippen LogP contribution < -0.4 is 10.6 Å². The number of hydrogen-bond donors (Lipinski definition) is 2. The van der Waals surface area contributed by atoms with Crippen molar-refractivity contribution in [3.05, 3.63) is 47.3 Å². The van der Waals surface area contributed by atoms with Crippen molar-refractivity contribution in [1.82, 2.24) is 25.3 Å². The molecule has 6 nitrogen and oxygen atoms in total. The van der Waals surface area contributed by atoms with Gasteiger partial charge in [0.1, 0.15) is 0 Å². The second kappa shape index (κ2) is 9.24. The maximum absolute atomic E-state index is 4.64. The molecule has 0 unspecified atom stereocenters. The summed E-state index contributed by atoms with van der Waals surface area (Å²) in [6, 6.07) is 11.6. The Balaban J connectivity index is 1.61. The van der Waals surface area contributed by atoms with Gasteiger partial charge in [-0.2, -0.15) is 5.10 Å². The third kappa shape index (κ3) is 4.93. The van der Waals surface area contributed by atoms with Crippen LogP contribution >= 0.6 is 0 Å². The maximum atomic E-state index is 4.64. The predicted molar refractivity (Wildman–Crippen MR) is 116 cm³/mol. The van der Waals surface area contributed by atoms with Crippen molar-refractivity contribution < 1.29 is 0 Å². The first-order valence-corrected chi connectivity index (χ1v) is 10.3. The average molecular weight is 383 g/mol. The average Bonchev–Trinajstić information content (AvgIpc) is 3.03. The molecule has 28 heavy (non-hydrogen) atoms. The lowest BCUT2D eigenvalue weighted by atomic mass is 10.0. The number of nitrogens with one attached hydrogen (secondary N) is 2. The summed E-state index contributed by atoms with van der Waals surface area (Å²) in [5, 5.41) is 11.7. The molecule has 2 N–H and O–H groups in total. The number of aryl methyl sites for hydroxylation is 2. The number of rotatable bonds is 5. The highest BCUT2D eigenvalue weighted by atomic mass is 15.3. The number of piperidine rings is 1. The second-order valence-electron chi connectivity index (χ2n) is 7.94. The maximum Gasteiger partial charge on any atom is 0.191 e. The van der Waals surface area contributed by atoms with Crippen LogP contribution in [0.1, 0.15) is 43.6 Å². The Bertz CT molecular complexity index is 799. The Hall–Kier alpha value is -2.34. The van der Waals surface area contributed by atoms with Crippen LogP contribution in [-0.2, 0) is 6.54 Å². The van der Waals surface area contributed by atoms with Gasteiger partial charge in [-0.25, -0.2) is 4.68 Å². The molecule has 1 aliphatic rings. The van der Waals surface area contributed by atoms with Crippen LogP contribution in [-0.4, -0.2) is 52.9 Å². The molecule has 0 amide bonds. The molecule has 152 valence electrons. The number of benzene rings is 1. The van der Waals surface area contributed by atoms with E-state index in [0.29, 0.717) is 18.6 Å². The number of likely N-dealkylation sites (tertiary alicyclic amines) is 1. The molecule has 1 fully saturated rings. The van der Waals surface area contributed by atoms with Gasteiger partial charge in [0.15, 0.2) is 5.96 Å². The van der Waals surface area contributed by atoms with Gasteiger partial charge >= 0.3 is 0 Å². The number of guanidine groups is 1. The molecule has 1 saturated heterocycles. The molecular weight excluding hydrogens is 348 g/mol. The molecular formula is C22H34N6. The van der Waals surface area contributed by atoms with Crippen molar-refractivity contribution in [2.45, 2.75) is 59.2 Å². The molecule has 6 heteroatoms. The monoisotopic (exact) mass is 382 g/mol. The van der Waals surface area contributed by atoms with E-state index in [1.165, 1.54) is 5.56 Å². The van der Waals surface area contributed by atoms with Crippen molar-refractivity contribution in [3.8, 4) is 5.69 Å². The minimum absolute atomic E-state index is 0.479. The topological polar surface area (TPSA) is 57.5 Å². The fourth-order valence-corrected chi connectivity index (χ4v) is 3.87. The highest BCUT2D eigenvalue weighted by Crippen LogP contribution is 2.17. The first-order chi connectivity index (χ1) is 13.5. The quantitative estimate of drug-likeness (QED) is 0.616. The lowest BCUT2D eigenvalue weighted by Gasteiger charge is -2.35. The van der Waals surface area contributed by atoms with Crippen molar-refractivity contribution in [3.63, 3.8) is 0 Å². The number of aliphatic imine (C=N–C) groups is 1. The van der Waals surface area contributed by atoms with Crippen LogP contribution in [0.5, 0.6) is 0 Å². The fourth-order valence-electron chi connectivity index (χ4n) is 3.87. The van der Waals surface area contributed by atoms with E-state index in [1.807, 2.05) is 18.7 Å². The van der Waals surface area contributed by atoms with Crippen LogP contribution in [0.25, 0.3) is 5.69 Å². The van der Waals surface area contributed by atoms with Gasteiger partial charge in [0.05, 0.1) is 11.4 Å². The Kier molecular flexibility index (Phi) is 6.73. The number of nitrogens with zero attached hydrogens (tertiary/aromatic N) is 4. The van der Waals surface area contributed by atoms with Crippen molar-refractivity contribution in [1.29, 1.82) is 0 Å². The van der Waals surface area contributed by atoms with E-state index in [9.17, 15) is 0 Å². The van der Waals surface area contributed by atoms with Crippen molar-refractivity contribution >= 4 is 5.96 Å². The number of aromatic nitrogens is 2. The lowest BCUT2D eigenvalue weighted by Crippen LogP contribution is -2.49.